The number of benzene rings is 2. The molecule has 0 atom stereocenters. The van der Waals surface area contributed by atoms with Crippen molar-refractivity contribution in [1.82, 2.24) is 10.6 Å². The number of carbonyl (C=O) groups excluding carboxylic acids is 3. The Kier molecular flexibility index (Phi) is 5.89. The van der Waals surface area contributed by atoms with Crippen molar-refractivity contribution >= 4 is 28.7 Å². The highest BCUT2D eigenvalue weighted by Crippen LogP contribution is 2.16. The molecule has 2 rings (SSSR count). The van der Waals surface area contributed by atoms with Crippen LogP contribution in [0.25, 0.3) is 10.8 Å². The summed E-state index contributed by atoms with van der Waals surface area (Å²) >= 11 is 0. The van der Waals surface area contributed by atoms with Gasteiger partial charge in [-0.25, -0.2) is 9.59 Å². The first kappa shape index (κ1) is 17.5. The molecule has 0 heterocycles. The van der Waals surface area contributed by atoms with E-state index in [1.807, 2.05) is 44.2 Å². The van der Waals surface area contributed by atoms with Crippen molar-refractivity contribution in [2.75, 3.05) is 13.2 Å². The van der Waals surface area contributed by atoms with E-state index in [-0.39, 0.29) is 5.92 Å². The van der Waals surface area contributed by atoms with Crippen molar-refractivity contribution in [2.24, 2.45) is 5.92 Å². The third-order valence-electron chi connectivity index (χ3n) is 3.24. The molecule has 0 radical (unpaired) electrons. The molecule has 0 aliphatic rings. The van der Waals surface area contributed by atoms with Crippen LogP contribution in [0.2, 0.25) is 0 Å². The fourth-order valence-corrected chi connectivity index (χ4v) is 2.03. The van der Waals surface area contributed by atoms with Crippen LogP contribution in [0.5, 0.6) is 0 Å². The lowest BCUT2D eigenvalue weighted by atomic mass is 10.1. The van der Waals surface area contributed by atoms with Gasteiger partial charge in [-0.3, -0.25) is 10.1 Å². The molecule has 2 N–H and O–H groups in total. The van der Waals surface area contributed by atoms with E-state index in [0.717, 1.165) is 10.8 Å². The van der Waals surface area contributed by atoms with Crippen LogP contribution in [0.15, 0.2) is 42.5 Å². The molecule has 2 aromatic rings. The van der Waals surface area contributed by atoms with Gasteiger partial charge in [-0.1, -0.05) is 44.2 Å². The lowest BCUT2D eigenvalue weighted by Crippen LogP contribution is -2.42. The fraction of sp³-hybridized carbons (Fsp3) is 0.278. The first-order valence-corrected chi connectivity index (χ1v) is 7.69. The first-order chi connectivity index (χ1) is 11.5. The predicted octanol–water partition coefficient (Wildman–Crippen LogP) is 2.48. The highest BCUT2D eigenvalue weighted by atomic mass is 16.5. The highest BCUT2D eigenvalue weighted by Gasteiger charge is 2.13. The van der Waals surface area contributed by atoms with Crippen LogP contribution >= 0.6 is 0 Å². The lowest BCUT2D eigenvalue weighted by molar-refractivity contribution is -0.123. The Hall–Kier alpha value is -2.89. The fourth-order valence-electron chi connectivity index (χ4n) is 2.03. The molecule has 2 aromatic carbocycles. The molecule has 0 unspecified atom stereocenters. The molecule has 0 fully saturated rings. The van der Waals surface area contributed by atoms with Gasteiger partial charge in [-0.15, -0.1) is 0 Å². The van der Waals surface area contributed by atoms with Gasteiger partial charge in [-0.2, -0.15) is 0 Å². The molecule has 0 saturated carbocycles. The number of carbonyl (C=O) groups is 3. The van der Waals surface area contributed by atoms with Crippen LogP contribution in [0.1, 0.15) is 24.2 Å². The maximum atomic E-state index is 12.0. The molecule has 6 heteroatoms. The van der Waals surface area contributed by atoms with E-state index in [0.29, 0.717) is 12.1 Å². The van der Waals surface area contributed by atoms with Crippen molar-refractivity contribution < 1.29 is 19.1 Å². The second kappa shape index (κ2) is 8.10. The normalized spacial score (nSPS) is 10.5. The van der Waals surface area contributed by atoms with Crippen molar-refractivity contribution in [1.29, 1.82) is 0 Å². The van der Waals surface area contributed by atoms with Gasteiger partial charge in [0, 0.05) is 6.54 Å². The van der Waals surface area contributed by atoms with Gasteiger partial charge in [0.15, 0.2) is 6.61 Å². The Morgan fingerprint density at radius 2 is 1.75 bits per heavy atom. The summed E-state index contributed by atoms with van der Waals surface area (Å²) in [5.74, 6) is -1.01. The van der Waals surface area contributed by atoms with Gasteiger partial charge >= 0.3 is 12.0 Å². The van der Waals surface area contributed by atoms with Crippen LogP contribution in [0, 0.1) is 5.92 Å². The summed E-state index contributed by atoms with van der Waals surface area (Å²) < 4.78 is 4.93. The van der Waals surface area contributed by atoms with Crippen molar-refractivity contribution in [3.05, 3.63) is 48.0 Å². The Balaban J connectivity index is 1.85. The largest absolute Gasteiger partial charge is 0.452 e. The molecule has 0 aliphatic carbocycles. The number of hydrogen-bond acceptors (Lipinski definition) is 4. The molecular weight excluding hydrogens is 308 g/mol. The van der Waals surface area contributed by atoms with E-state index in [1.165, 1.54) is 0 Å². The molecule has 0 aliphatic heterocycles. The molecule has 0 saturated heterocycles. The Morgan fingerprint density at radius 3 is 2.46 bits per heavy atom. The van der Waals surface area contributed by atoms with Gasteiger partial charge in [0.25, 0.3) is 5.91 Å². The van der Waals surface area contributed by atoms with Gasteiger partial charge in [0.2, 0.25) is 0 Å². The van der Waals surface area contributed by atoms with Crippen LogP contribution < -0.4 is 10.6 Å². The van der Waals surface area contributed by atoms with E-state index in [2.05, 4.69) is 10.6 Å². The molecule has 0 aromatic heterocycles. The minimum atomic E-state index is -0.676. The quantitative estimate of drug-likeness (QED) is 0.826. The molecule has 0 bridgehead atoms. The second-order valence-corrected chi connectivity index (χ2v) is 5.79. The average Bonchev–Trinajstić information content (AvgIpc) is 2.57. The summed E-state index contributed by atoms with van der Waals surface area (Å²) in [6, 6.07) is 12.2. The summed E-state index contributed by atoms with van der Waals surface area (Å²) in [6.45, 7) is 3.82. The summed E-state index contributed by atoms with van der Waals surface area (Å²) in [6.07, 6.45) is 0. The highest BCUT2D eigenvalue weighted by molar-refractivity contribution is 5.98. The smallest absolute Gasteiger partial charge is 0.338 e. The number of nitrogens with one attached hydrogen (secondary N) is 2. The minimum Gasteiger partial charge on any atom is -0.452 e. The summed E-state index contributed by atoms with van der Waals surface area (Å²) in [5, 5.41) is 6.56. The minimum absolute atomic E-state index is 0.275. The van der Waals surface area contributed by atoms with Crippen LogP contribution in [0.3, 0.4) is 0 Å². The van der Waals surface area contributed by atoms with Crippen LogP contribution in [-0.4, -0.2) is 31.1 Å². The number of imide groups is 1. The SMILES string of the molecule is CC(C)CNC(=O)NC(=O)COC(=O)c1ccc2ccccc2c1. The Bertz CT molecular complexity index is 756. The molecule has 126 valence electrons. The third-order valence-corrected chi connectivity index (χ3v) is 3.24. The Labute approximate surface area is 140 Å². The van der Waals surface area contributed by atoms with Crippen molar-refractivity contribution in [3.8, 4) is 0 Å². The summed E-state index contributed by atoms with van der Waals surface area (Å²) in [4.78, 5) is 35.0. The summed E-state index contributed by atoms with van der Waals surface area (Å²) in [7, 11) is 0. The predicted molar refractivity (Wildman–Crippen MR) is 90.6 cm³/mol. The zero-order valence-corrected chi connectivity index (χ0v) is 13.7. The van der Waals surface area contributed by atoms with E-state index >= 15 is 0 Å². The number of rotatable bonds is 5. The van der Waals surface area contributed by atoms with Crippen LogP contribution in [0.4, 0.5) is 4.79 Å². The van der Waals surface area contributed by atoms with E-state index < -0.39 is 24.5 Å². The maximum absolute atomic E-state index is 12.0. The molecule has 6 nitrogen and oxygen atoms in total. The molecule has 0 spiro atoms. The zero-order chi connectivity index (χ0) is 17.5. The number of hydrogen-bond donors (Lipinski definition) is 2. The van der Waals surface area contributed by atoms with Gasteiger partial charge in [0.05, 0.1) is 5.56 Å². The lowest BCUT2D eigenvalue weighted by Gasteiger charge is -2.09. The van der Waals surface area contributed by atoms with Gasteiger partial charge in [0.1, 0.15) is 0 Å². The average molecular weight is 328 g/mol. The maximum Gasteiger partial charge on any atom is 0.338 e. The summed E-state index contributed by atoms with van der Waals surface area (Å²) in [5.41, 5.74) is 0.353. The number of fused-ring (bicyclic) bond motifs is 1. The molecule has 3 amide bonds. The van der Waals surface area contributed by atoms with E-state index in [1.54, 1.807) is 12.1 Å². The van der Waals surface area contributed by atoms with Crippen LogP contribution in [-0.2, 0) is 9.53 Å². The number of ether oxygens (including phenoxy) is 1. The molecule has 24 heavy (non-hydrogen) atoms. The van der Waals surface area contributed by atoms with E-state index in [9.17, 15) is 14.4 Å². The van der Waals surface area contributed by atoms with Gasteiger partial charge in [-0.05, 0) is 28.8 Å². The second-order valence-electron chi connectivity index (χ2n) is 5.79. The van der Waals surface area contributed by atoms with Crippen molar-refractivity contribution in [3.63, 3.8) is 0 Å². The number of urea groups is 1. The molecular formula is C18H20N2O4. The Morgan fingerprint density at radius 1 is 1.04 bits per heavy atom. The topological polar surface area (TPSA) is 84.5 Å². The van der Waals surface area contributed by atoms with E-state index in [4.69, 9.17) is 4.74 Å². The zero-order valence-electron chi connectivity index (χ0n) is 13.7. The monoisotopic (exact) mass is 328 g/mol. The number of amides is 3. The third kappa shape index (κ3) is 5.08. The number of esters is 1. The van der Waals surface area contributed by atoms with Gasteiger partial charge < -0.3 is 10.1 Å². The van der Waals surface area contributed by atoms with Crippen molar-refractivity contribution in [2.45, 2.75) is 13.8 Å². The standard InChI is InChI=1S/C18H20N2O4/c1-12(2)10-19-18(23)20-16(21)11-24-17(22)15-8-7-13-5-3-4-6-14(13)9-15/h3-9,12H,10-11H2,1-2H3,(H2,19,20,21,23). The first-order valence-electron chi connectivity index (χ1n) is 7.69.